The molecule has 0 unspecified atom stereocenters. The fraction of sp³-hybridized carbons (Fsp3) is 0.200. The van der Waals surface area contributed by atoms with Gasteiger partial charge < -0.3 is 10.0 Å². The lowest BCUT2D eigenvalue weighted by Crippen LogP contribution is -2.24. The summed E-state index contributed by atoms with van der Waals surface area (Å²) < 4.78 is 0. The van der Waals surface area contributed by atoms with Gasteiger partial charge in [-0.3, -0.25) is 0 Å². The van der Waals surface area contributed by atoms with Crippen molar-refractivity contribution >= 4 is 11.4 Å². The Morgan fingerprint density at radius 3 is 2.65 bits per heavy atom. The number of phenolic OH excluding ortho intramolecular Hbond substituents is 1. The van der Waals surface area contributed by atoms with Crippen LogP contribution in [-0.2, 0) is 6.42 Å². The van der Waals surface area contributed by atoms with Gasteiger partial charge in [0.15, 0.2) is 0 Å². The van der Waals surface area contributed by atoms with Crippen molar-refractivity contribution < 1.29 is 5.11 Å². The average Bonchev–Trinajstić information content (AvgIpc) is 2.39. The Bertz CT molecular complexity index is 522. The first-order valence-electron chi connectivity index (χ1n) is 5.99. The predicted molar refractivity (Wildman–Crippen MR) is 69.9 cm³/mol. The molecule has 0 fully saturated rings. The summed E-state index contributed by atoms with van der Waals surface area (Å²) in [5, 5.41) is 9.53. The van der Waals surface area contributed by atoms with Crippen LogP contribution in [0.1, 0.15) is 12.0 Å². The summed E-state index contributed by atoms with van der Waals surface area (Å²) in [7, 11) is 0. The lowest BCUT2D eigenvalue weighted by Gasteiger charge is -2.31. The predicted octanol–water partition coefficient (Wildman–Crippen LogP) is 3.48. The molecule has 86 valence electrons. The molecule has 1 heterocycles. The SMILES string of the molecule is Oc1ccc2c(c1)CCCN2c1ccccc1. The number of hydrogen-bond donors (Lipinski definition) is 1. The first-order chi connectivity index (χ1) is 8.34. The number of fused-ring (bicyclic) bond motifs is 1. The first kappa shape index (κ1) is 10.2. The highest BCUT2D eigenvalue weighted by Crippen LogP contribution is 2.34. The molecule has 0 saturated carbocycles. The zero-order valence-electron chi connectivity index (χ0n) is 9.63. The number of benzene rings is 2. The molecule has 0 aromatic heterocycles. The highest BCUT2D eigenvalue weighted by molar-refractivity contribution is 5.68. The number of para-hydroxylation sites is 1. The molecule has 0 amide bonds. The highest BCUT2D eigenvalue weighted by atomic mass is 16.3. The second-order valence-corrected chi connectivity index (χ2v) is 4.40. The molecule has 0 radical (unpaired) electrons. The molecule has 3 rings (SSSR count). The van der Waals surface area contributed by atoms with E-state index in [1.165, 1.54) is 16.9 Å². The van der Waals surface area contributed by atoms with Crippen molar-refractivity contribution in [2.45, 2.75) is 12.8 Å². The van der Waals surface area contributed by atoms with Gasteiger partial charge in [0.25, 0.3) is 0 Å². The number of nitrogens with zero attached hydrogens (tertiary/aromatic N) is 1. The molecule has 17 heavy (non-hydrogen) atoms. The molecule has 1 aliphatic rings. The topological polar surface area (TPSA) is 23.5 Å². The Balaban J connectivity index is 2.06. The molecule has 2 heteroatoms. The van der Waals surface area contributed by atoms with Crippen LogP contribution in [0.4, 0.5) is 11.4 Å². The molecule has 0 spiro atoms. The summed E-state index contributed by atoms with van der Waals surface area (Å²) in [6.45, 7) is 1.04. The van der Waals surface area contributed by atoms with Gasteiger partial charge in [-0.2, -0.15) is 0 Å². The van der Waals surface area contributed by atoms with Gasteiger partial charge in [0, 0.05) is 17.9 Å². The fourth-order valence-corrected chi connectivity index (χ4v) is 2.46. The second kappa shape index (κ2) is 4.13. The number of hydrogen-bond acceptors (Lipinski definition) is 2. The van der Waals surface area contributed by atoms with Crippen LogP contribution >= 0.6 is 0 Å². The fourth-order valence-electron chi connectivity index (χ4n) is 2.46. The summed E-state index contributed by atoms with van der Waals surface area (Å²) in [6.07, 6.45) is 2.18. The van der Waals surface area contributed by atoms with E-state index in [-0.39, 0.29) is 0 Å². The molecular weight excluding hydrogens is 210 g/mol. The average molecular weight is 225 g/mol. The van der Waals surface area contributed by atoms with Crippen LogP contribution in [0.5, 0.6) is 5.75 Å². The van der Waals surface area contributed by atoms with Crippen molar-refractivity contribution in [2.24, 2.45) is 0 Å². The zero-order chi connectivity index (χ0) is 11.7. The van der Waals surface area contributed by atoms with Crippen molar-refractivity contribution in [3.05, 3.63) is 54.1 Å². The maximum absolute atomic E-state index is 9.53. The maximum Gasteiger partial charge on any atom is 0.116 e. The standard InChI is InChI=1S/C15H15NO/c17-14-8-9-15-12(11-14)5-4-10-16(15)13-6-2-1-3-7-13/h1-3,6-9,11,17H,4-5,10H2. The summed E-state index contributed by atoms with van der Waals surface area (Å²) in [5.74, 6) is 0.360. The maximum atomic E-state index is 9.53. The lowest BCUT2D eigenvalue weighted by atomic mass is 10.0. The van der Waals surface area contributed by atoms with Gasteiger partial charge in [0.1, 0.15) is 5.75 Å². The van der Waals surface area contributed by atoms with Crippen LogP contribution in [0.2, 0.25) is 0 Å². The molecule has 2 aromatic rings. The van der Waals surface area contributed by atoms with E-state index in [2.05, 4.69) is 29.2 Å². The van der Waals surface area contributed by atoms with Gasteiger partial charge in [-0.25, -0.2) is 0 Å². The summed E-state index contributed by atoms with van der Waals surface area (Å²) in [5.41, 5.74) is 3.68. The van der Waals surface area contributed by atoms with Crippen molar-refractivity contribution in [3.8, 4) is 5.75 Å². The van der Waals surface area contributed by atoms with Crippen molar-refractivity contribution in [1.82, 2.24) is 0 Å². The third-order valence-electron chi connectivity index (χ3n) is 3.25. The third-order valence-corrected chi connectivity index (χ3v) is 3.25. The quantitative estimate of drug-likeness (QED) is 0.803. The normalized spacial score (nSPS) is 14.5. The Morgan fingerprint density at radius 2 is 1.82 bits per heavy atom. The van der Waals surface area contributed by atoms with Gasteiger partial charge in [-0.05, 0) is 48.7 Å². The first-order valence-corrected chi connectivity index (χ1v) is 5.99. The Labute approximate surface area is 101 Å². The molecule has 0 saturated heterocycles. The summed E-state index contributed by atoms with van der Waals surface area (Å²) in [4.78, 5) is 2.32. The minimum atomic E-state index is 0.360. The zero-order valence-corrected chi connectivity index (χ0v) is 9.63. The van der Waals surface area contributed by atoms with E-state index in [9.17, 15) is 5.11 Å². The van der Waals surface area contributed by atoms with E-state index in [0.717, 1.165) is 19.4 Å². The molecule has 1 N–H and O–H groups in total. The van der Waals surface area contributed by atoms with Gasteiger partial charge in [-0.1, -0.05) is 18.2 Å². The number of anilines is 2. The summed E-state index contributed by atoms with van der Waals surface area (Å²) in [6, 6.07) is 16.1. The van der Waals surface area contributed by atoms with E-state index in [4.69, 9.17) is 0 Å². The van der Waals surface area contributed by atoms with E-state index < -0.39 is 0 Å². The van der Waals surface area contributed by atoms with Crippen molar-refractivity contribution in [1.29, 1.82) is 0 Å². The van der Waals surface area contributed by atoms with Gasteiger partial charge in [0.05, 0.1) is 0 Å². The van der Waals surface area contributed by atoms with E-state index >= 15 is 0 Å². The highest BCUT2D eigenvalue weighted by Gasteiger charge is 2.18. The number of rotatable bonds is 1. The molecule has 0 bridgehead atoms. The van der Waals surface area contributed by atoms with Crippen LogP contribution in [0.25, 0.3) is 0 Å². The Hall–Kier alpha value is -1.96. The van der Waals surface area contributed by atoms with Gasteiger partial charge in [-0.15, -0.1) is 0 Å². The van der Waals surface area contributed by atoms with Crippen LogP contribution in [-0.4, -0.2) is 11.7 Å². The smallest absolute Gasteiger partial charge is 0.116 e. The molecule has 2 nitrogen and oxygen atoms in total. The number of aryl methyl sites for hydroxylation is 1. The van der Waals surface area contributed by atoms with Crippen LogP contribution < -0.4 is 4.90 Å². The number of phenols is 1. The summed E-state index contributed by atoms with van der Waals surface area (Å²) >= 11 is 0. The minimum Gasteiger partial charge on any atom is -0.508 e. The van der Waals surface area contributed by atoms with E-state index in [0.29, 0.717) is 5.75 Å². The molecule has 0 aliphatic carbocycles. The monoisotopic (exact) mass is 225 g/mol. The van der Waals surface area contributed by atoms with E-state index in [1.54, 1.807) is 6.07 Å². The van der Waals surface area contributed by atoms with Gasteiger partial charge >= 0.3 is 0 Å². The van der Waals surface area contributed by atoms with E-state index in [1.807, 2.05) is 18.2 Å². The number of aromatic hydroxyl groups is 1. The lowest BCUT2D eigenvalue weighted by molar-refractivity contribution is 0.474. The van der Waals surface area contributed by atoms with Crippen molar-refractivity contribution in [2.75, 3.05) is 11.4 Å². The van der Waals surface area contributed by atoms with Crippen LogP contribution in [0.15, 0.2) is 48.5 Å². The largest absolute Gasteiger partial charge is 0.508 e. The molecule has 0 atom stereocenters. The van der Waals surface area contributed by atoms with Gasteiger partial charge in [0.2, 0.25) is 0 Å². The third kappa shape index (κ3) is 1.86. The Kier molecular flexibility index (Phi) is 2.48. The molecular formula is C15H15NO. The van der Waals surface area contributed by atoms with Crippen molar-refractivity contribution in [3.63, 3.8) is 0 Å². The van der Waals surface area contributed by atoms with Crippen LogP contribution in [0.3, 0.4) is 0 Å². The second-order valence-electron chi connectivity index (χ2n) is 4.40. The molecule has 1 aliphatic heterocycles. The van der Waals surface area contributed by atoms with Crippen LogP contribution in [0, 0.1) is 0 Å². The Morgan fingerprint density at radius 1 is 1.00 bits per heavy atom. The minimum absolute atomic E-state index is 0.360. The molecule has 2 aromatic carbocycles.